The van der Waals surface area contributed by atoms with E-state index < -0.39 is 6.10 Å². The molecule has 0 aliphatic carbocycles. The summed E-state index contributed by atoms with van der Waals surface area (Å²) in [4.78, 5) is 12.4. The summed E-state index contributed by atoms with van der Waals surface area (Å²) < 4.78 is 15.9. The SMILES string of the molecule is COc1cc2c(c(O)c1OC)CC(=O)C(c1cc(O)ccc1O)O2. The first-order valence-electron chi connectivity index (χ1n) is 7.14. The third kappa shape index (κ3) is 2.44. The predicted octanol–water partition coefficient (Wildman–Crippen LogP) is 2.07. The van der Waals surface area contributed by atoms with E-state index in [1.165, 1.54) is 38.5 Å². The molecule has 0 saturated heterocycles. The molecule has 3 rings (SSSR count). The number of carbonyl (C=O) groups is 1. The van der Waals surface area contributed by atoms with Gasteiger partial charge in [0.15, 0.2) is 23.4 Å². The number of phenolic OH excluding ortho intramolecular Hbond substituents is 3. The number of ketones is 1. The maximum absolute atomic E-state index is 12.4. The largest absolute Gasteiger partial charge is 0.508 e. The van der Waals surface area contributed by atoms with Crippen LogP contribution in [-0.4, -0.2) is 35.3 Å². The van der Waals surface area contributed by atoms with Crippen LogP contribution in [0.3, 0.4) is 0 Å². The van der Waals surface area contributed by atoms with Gasteiger partial charge in [-0.15, -0.1) is 0 Å². The Labute approximate surface area is 137 Å². The van der Waals surface area contributed by atoms with Gasteiger partial charge in [0, 0.05) is 23.6 Å². The molecule has 0 aromatic heterocycles. The van der Waals surface area contributed by atoms with E-state index in [2.05, 4.69) is 0 Å². The molecular formula is C17H16O7. The van der Waals surface area contributed by atoms with Gasteiger partial charge in [-0.05, 0) is 18.2 Å². The lowest BCUT2D eigenvalue weighted by Gasteiger charge is -2.27. The first-order chi connectivity index (χ1) is 11.5. The quantitative estimate of drug-likeness (QED) is 0.739. The van der Waals surface area contributed by atoms with Crippen molar-refractivity contribution in [1.29, 1.82) is 0 Å². The van der Waals surface area contributed by atoms with Crippen LogP contribution in [0.15, 0.2) is 24.3 Å². The lowest BCUT2D eigenvalue weighted by atomic mass is 9.94. The zero-order chi connectivity index (χ0) is 17.4. The Hall–Kier alpha value is -3.09. The van der Waals surface area contributed by atoms with Crippen LogP contribution in [0, 0.1) is 0 Å². The van der Waals surface area contributed by atoms with Crippen LogP contribution < -0.4 is 14.2 Å². The number of aromatic hydroxyl groups is 3. The fourth-order valence-electron chi connectivity index (χ4n) is 2.72. The van der Waals surface area contributed by atoms with Gasteiger partial charge < -0.3 is 29.5 Å². The summed E-state index contributed by atoms with van der Waals surface area (Å²) in [7, 11) is 2.79. The second kappa shape index (κ2) is 5.84. The molecule has 0 spiro atoms. The molecule has 0 amide bonds. The average molecular weight is 332 g/mol. The minimum Gasteiger partial charge on any atom is -0.508 e. The second-order valence-corrected chi connectivity index (χ2v) is 5.32. The van der Waals surface area contributed by atoms with Crippen molar-refractivity contribution in [2.75, 3.05) is 14.2 Å². The Morgan fingerprint density at radius 3 is 2.54 bits per heavy atom. The second-order valence-electron chi connectivity index (χ2n) is 5.32. The van der Waals surface area contributed by atoms with Crippen molar-refractivity contribution in [3.8, 4) is 34.5 Å². The molecule has 7 heteroatoms. The van der Waals surface area contributed by atoms with Gasteiger partial charge >= 0.3 is 0 Å². The van der Waals surface area contributed by atoms with Gasteiger partial charge in [0.1, 0.15) is 17.2 Å². The van der Waals surface area contributed by atoms with Gasteiger partial charge in [0.25, 0.3) is 0 Å². The van der Waals surface area contributed by atoms with Gasteiger partial charge in [-0.1, -0.05) is 0 Å². The van der Waals surface area contributed by atoms with Crippen molar-refractivity contribution in [3.05, 3.63) is 35.4 Å². The van der Waals surface area contributed by atoms with Crippen LogP contribution in [0.4, 0.5) is 0 Å². The van der Waals surface area contributed by atoms with Crippen LogP contribution in [0.1, 0.15) is 17.2 Å². The maximum Gasteiger partial charge on any atom is 0.203 e. The first-order valence-corrected chi connectivity index (χ1v) is 7.14. The molecule has 1 aliphatic heterocycles. The molecule has 3 N–H and O–H groups in total. The summed E-state index contributed by atoms with van der Waals surface area (Å²) in [6, 6.07) is 5.36. The van der Waals surface area contributed by atoms with Crippen LogP contribution in [0.5, 0.6) is 34.5 Å². The molecular weight excluding hydrogens is 316 g/mol. The van der Waals surface area contributed by atoms with Crippen LogP contribution in [0.2, 0.25) is 0 Å². The lowest BCUT2D eigenvalue weighted by Crippen LogP contribution is -2.26. The Balaban J connectivity index is 2.09. The number of phenols is 3. The van der Waals surface area contributed by atoms with E-state index in [0.29, 0.717) is 0 Å². The number of benzene rings is 2. The van der Waals surface area contributed by atoms with E-state index in [-0.39, 0.29) is 57.8 Å². The third-order valence-corrected chi connectivity index (χ3v) is 3.89. The highest BCUT2D eigenvalue weighted by Crippen LogP contribution is 2.48. The van der Waals surface area contributed by atoms with E-state index in [0.717, 1.165) is 0 Å². The third-order valence-electron chi connectivity index (χ3n) is 3.89. The van der Waals surface area contributed by atoms with Gasteiger partial charge in [0.05, 0.1) is 14.2 Å². The normalized spacial score (nSPS) is 16.2. The molecule has 24 heavy (non-hydrogen) atoms. The van der Waals surface area contributed by atoms with Crippen LogP contribution >= 0.6 is 0 Å². The number of carbonyl (C=O) groups excluding carboxylic acids is 1. The van der Waals surface area contributed by atoms with Crippen molar-refractivity contribution in [1.82, 2.24) is 0 Å². The molecule has 1 aliphatic rings. The molecule has 0 fully saturated rings. The molecule has 0 saturated carbocycles. The molecule has 0 radical (unpaired) electrons. The Bertz CT molecular complexity index is 813. The number of rotatable bonds is 3. The molecule has 126 valence electrons. The van der Waals surface area contributed by atoms with E-state index >= 15 is 0 Å². The van der Waals surface area contributed by atoms with Crippen molar-refractivity contribution < 1.29 is 34.3 Å². The molecule has 2 aromatic rings. The number of fused-ring (bicyclic) bond motifs is 1. The van der Waals surface area contributed by atoms with Crippen molar-refractivity contribution in [3.63, 3.8) is 0 Å². The van der Waals surface area contributed by atoms with Crippen LogP contribution in [-0.2, 0) is 11.2 Å². The smallest absolute Gasteiger partial charge is 0.203 e. The molecule has 1 heterocycles. The Kier molecular flexibility index (Phi) is 3.84. The van der Waals surface area contributed by atoms with Crippen molar-refractivity contribution in [2.24, 2.45) is 0 Å². The zero-order valence-electron chi connectivity index (χ0n) is 13.1. The average Bonchev–Trinajstić information content (AvgIpc) is 2.57. The highest BCUT2D eigenvalue weighted by molar-refractivity contribution is 5.90. The number of Topliss-reactive ketones (excluding diaryl/α,β-unsaturated/α-hetero) is 1. The van der Waals surface area contributed by atoms with E-state index in [1.807, 2.05) is 0 Å². The number of hydrogen-bond donors (Lipinski definition) is 3. The standard InChI is InChI=1S/C17H16O7/c1-22-14-7-13-10(15(21)17(14)23-2)6-12(20)16(24-13)9-5-8(18)3-4-11(9)19/h3-5,7,16,18-19,21H,6H2,1-2H3. The van der Waals surface area contributed by atoms with Gasteiger partial charge in [-0.25, -0.2) is 0 Å². The van der Waals surface area contributed by atoms with Crippen molar-refractivity contribution >= 4 is 5.78 Å². The maximum atomic E-state index is 12.4. The lowest BCUT2D eigenvalue weighted by molar-refractivity contribution is -0.126. The van der Waals surface area contributed by atoms with Gasteiger partial charge in [0.2, 0.25) is 5.75 Å². The fourth-order valence-corrected chi connectivity index (χ4v) is 2.72. The summed E-state index contributed by atoms with van der Waals surface area (Å²) >= 11 is 0. The van der Waals surface area contributed by atoms with Gasteiger partial charge in [-0.3, -0.25) is 4.79 Å². The Morgan fingerprint density at radius 2 is 1.88 bits per heavy atom. The molecule has 1 unspecified atom stereocenters. The summed E-state index contributed by atoms with van der Waals surface area (Å²) in [5.74, 6) is -0.241. The van der Waals surface area contributed by atoms with E-state index in [1.54, 1.807) is 0 Å². The monoisotopic (exact) mass is 332 g/mol. The topological polar surface area (TPSA) is 105 Å². The highest BCUT2D eigenvalue weighted by atomic mass is 16.5. The summed E-state index contributed by atoms with van der Waals surface area (Å²) in [5.41, 5.74) is 0.438. The molecule has 1 atom stereocenters. The number of ether oxygens (including phenoxy) is 3. The predicted molar refractivity (Wildman–Crippen MR) is 83.1 cm³/mol. The minimum absolute atomic E-state index is 0.0971. The first kappa shape index (κ1) is 15.8. The fraction of sp³-hybridized carbons (Fsp3) is 0.235. The highest BCUT2D eigenvalue weighted by Gasteiger charge is 2.35. The minimum atomic E-state index is -1.10. The van der Waals surface area contributed by atoms with Crippen molar-refractivity contribution in [2.45, 2.75) is 12.5 Å². The number of methoxy groups -OCH3 is 2. The summed E-state index contributed by atoms with van der Waals surface area (Å²) in [5, 5.41) is 29.8. The van der Waals surface area contributed by atoms with E-state index in [9.17, 15) is 20.1 Å². The van der Waals surface area contributed by atoms with Gasteiger partial charge in [-0.2, -0.15) is 0 Å². The van der Waals surface area contributed by atoms with E-state index in [4.69, 9.17) is 14.2 Å². The Morgan fingerprint density at radius 1 is 1.12 bits per heavy atom. The number of hydrogen-bond acceptors (Lipinski definition) is 7. The summed E-state index contributed by atoms with van der Waals surface area (Å²) in [6.07, 6.45) is -1.21. The van der Waals surface area contributed by atoms with Crippen LogP contribution in [0.25, 0.3) is 0 Å². The molecule has 7 nitrogen and oxygen atoms in total. The molecule has 0 bridgehead atoms. The molecule has 2 aromatic carbocycles. The zero-order valence-corrected chi connectivity index (χ0v) is 13.1. The summed E-state index contributed by atoms with van der Waals surface area (Å²) in [6.45, 7) is 0.